The molecule has 0 bridgehead atoms. The molecule has 5 rings (SSSR count). The summed E-state index contributed by atoms with van der Waals surface area (Å²) in [5, 5.41) is 3.63. The summed E-state index contributed by atoms with van der Waals surface area (Å²) in [7, 11) is 0. The van der Waals surface area contributed by atoms with E-state index in [4.69, 9.17) is 4.98 Å². The molecule has 1 heterocycles. The van der Waals surface area contributed by atoms with E-state index in [0.717, 1.165) is 32.2 Å². The van der Waals surface area contributed by atoms with Crippen LogP contribution in [0.5, 0.6) is 0 Å². The van der Waals surface area contributed by atoms with E-state index in [-0.39, 0.29) is 5.91 Å². The topological polar surface area (TPSA) is 42.0 Å². The number of carbonyl (C=O) groups excluding carboxylic acids is 1. The highest BCUT2D eigenvalue weighted by Crippen LogP contribution is 2.39. The van der Waals surface area contributed by atoms with Crippen LogP contribution in [0.3, 0.4) is 0 Å². The van der Waals surface area contributed by atoms with Crippen molar-refractivity contribution in [2.45, 2.75) is 11.8 Å². The van der Waals surface area contributed by atoms with Gasteiger partial charge in [-0.3, -0.25) is 4.79 Å². The number of anilines is 1. The molecule has 0 aliphatic heterocycles. The summed E-state index contributed by atoms with van der Waals surface area (Å²) in [6.07, 6.45) is 0. The lowest BCUT2D eigenvalue weighted by atomic mass is 10.0. The van der Waals surface area contributed by atoms with Crippen LogP contribution in [0.1, 0.15) is 5.56 Å². The first-order valence-electron chi connectivity index (χ1n) is 11.4. The Balaban J connectivity index is 1.33. The molecule has 1 amide bonds. The first kappa shape index (κ1) is 23.1. The van der Waals surface area contributed by atoms with E-state index >= 15 is 0 Å². The molecule has 0 spiro atoms. The third-order valence-corrected chi connectivity index (χ3v) is 7.48. The van der Waals surface area contributed by atoms with Gasteiger partial charge in [-0.1, -0.05) is 108 Å². The van der Waals surface area contributed by atoms with Gasteiger partial charge in [0.2, 0.25) is 5.91 Å². The smallest absolute Gasteiger partial charge is 0.236 e. The van der Waals surface area contributed by atoms with Crippen molar-refractivity contribution in [1.82, 2.24) is 4.98 Å². The van der Waals surface area contributed by atoms with Crippen molar-refractivity contribution in [3.63, 3.8) is 0 Å². The first-order chi connectivity index (χ1) is 17.2. The second kappa shape index (κ2) is 10.7. The van der Waals surface area contributed by atoms with Crippen molar-refractivity contribution in [2.75, 3.05) is 11.1 Å². The molecule has 5 aromatic rings. The van der Waals surface area contributed by atoms with Gasteiger partial charge in [0.05, 0.1) is 16.3 Å². The fraction of sp³-hybridized carbons (Fsp3) is 0.0667. The Labute approximate surface area is 213 Å². The van der Waals surface area contributed by atoms with Gasteiger partial charge in [-0.2, -0.15) is 0 Å². The summed E-state index contributed by atoms with van der Waals surface area (Å²) in [5.74, 6) is 0.254. The number of carbonyl (C=O) groups is 1. The first-order valence-corrected chi connectivity index (χ1v) is 13.2. The summed E-state index contributed by atoms with van der Waals surface area (Å²) in [4.78, 5) is 19.8. The number of thiazole rings is 1. The minimum absolute atomic E-state index is 0.0641. The van der Waals surface area contributed by atoms with Crippen LogP contribution in [-0.2, 0) is 4.79 Å². The molecule has 35 heavy (non-hydrogen) atoms. The van der Waals surface area contributed by atoms with Gasteiger partial charge in [0.15, 0.2) is 5.13 Å². The maximum Gasteiger partial charge on any atom is 0.236 e. The number of aryl methyl sites for hydroxylation is 1. The number of aromatic nitrogens is 1. The second-order valence-corrected chi connectivity index (χ2v) is 10.2. The lowest BCUT2D eigenvalue weighted by Gasteiger charge is -2.08. The standard InChI is InChI=1S/C30H24N2OS2/c1-21-17-25(22-11-5-2-6-12-22)19-26(18-21)34-20-27(33)31-30-32-28(23-13-7-3-8-14-23)29(35-30)24-15-9-4-10-16-24/h2-19H,20H2,1H3,(H,31,32,33). The maximum absolute atomic E-state index is 12.9. The molecule has 0 radical (unpaired) electrons. The van der Waals surface area contributed by atoms with Crippen molar-refractivity contribution in [3.8, 4) is 32.8 Å². The molecule has 172 valence electrons. The van der Waals surface area contributed by atoms with Crippen LogP contribution in [0.25, 0.3) is 32.8 Å². The number of hydrogen-bond donors (Lipinski definition) is 1. The minimum atomic E-state index is -0.0641. The van der Waals surface area contributed by atoms with Gasteiger partial charge in [-0.05, 0) is 41.3 Å². The molecule has 0 saturated carbocycles. The molecule has 0 aliphatic carbocycles. The van der Waals surface area contributed by atoms with Crippen molar-refractivity contribution in [3.05, 3.63) is 115 Å². The predicted octanol–water partition coefficient (Wildman–Crippen LogP) is 8.18. The van der Waals surface area contributed by atoms with Crippen molar-refractivity contribution >= 4 is 34.1 Å². The number of hydrogen-bond acceptors (Lipinski definition) is 4. The molecule has 0 saturated heterocycles. The number of nitrogens with one attached hydrogen (secondary N) is 1. The number of nitrogens with zero attached hydrogens (tertiary/aromatic N) is 1. The van der Waals surface area contributed by atoms with E-state index in [1.807, 2.05) is 66.7 Å². The van der Waals surface area contributed by atoms with E-state index in [1.54, 1.807) is 0 Å². The van der Waals surface area contributed by atoms with Gasteiger partial charge >= 0.3 is 0 Å². The van der Waals surface area contributed by atoms with Gasteiger partial charge in [-0.15, -0.1) is 11.8 Å². The van der Waals surface area contributed by atoms with Crippen molar-refractivity contribution < 1.29 is 4.79 Å². The number of thioether (sulfide) groups is 1. The summed E-state index contributed by atoms with van der Waals surface area (Å²) < 4.78 is 0. The quantitative estimate of drug-likeness (QED) is 0.233. The maximum atomic E-state index is 12.9. The largest absolute Gasteiger partial charge is 0.301 e. The summed E-state index contributed by atoms with van der Waals surface area (Å²) in [6, 6.07) is 37.0. The van der Waals surface area contributed by atoms with Crippen molar-refractivity contribution in [2.24, 2.45) is 0 Å². The van der Waals surface area contributed by atoms with Crippen LogP contribution in [0, 0.1) is 6.92 Å². The van der Waals surface area contributed by atoms with Gasteiger partial charge < -0.3 is 5.32 Å². The monoisotopic (exact) mass is 492 g/mol. The zero-order valence-corrected chi connectivity index (χ0v) is 20.9. The molecule has 4 aromatic carbocycles. The average molecular weight is 493 g/mol. The van der Waals surface area contributed by atoms with E-state index in [1.165, 1.54) is 34.2 Å². The van der Waals surface area contributed by atoms with Gasteiger partial charge in [0.1, 0.15) is 0 Å². The lowest BCUT2D eigenvalue weighted by Crippen LogP contribution is -2.13. The zero-order valence-electron chi connectivity index (χ0n) is 19.3. The molecule has 3 nitrogen and oxygen atoms in total. The minimum Gasteiger partial charge on any atom is -0.301 e. The molecule has 1 aromatic heterocycles. The summed E-state index contributed by atoms with van der Waals surface area (Å²) in [5.41, 5.74) is 6.52. The highest BCUT2D eigenvalue weighted by molar-refractivity contribution is 8.00. The van der Waals surface area contributed by atoms with E-state index in [0.29, 0.717) is 10.9 Å². The Kier molecular flexibility index (Phi) is 7.07. The molecular weight excluding hydrogens is 468 g/mol. The second-order valence-electron chi connectivity index (χ2n) is 8.17. The summed E-state index contributed by atoms with van der Waals surface area (Å²) >= 11 is 3.05. The van der Waals surface area contributed by atoms with Gasteiger partial charge in [0.25, 0.3) is 0 Å². The van der Waals surface area contributed by atoms with E-state index in [9.17, 15) is 4.79 Å². The fourth-order valence-electron chi connectivity index (χ4n) is 3.88. The Hall–Kier alpha value is -3.67. The van der Waals surface area contributed by atoms with Crippen molar-refractivity contribution in [1.29, 1.82) is 0 Å². The summed E-state index contributed by atoms with van der Waals surface area (Å²) in [6.45, 7) is 2.09. The fourth-order valence-corrected chi connectivity index (χ4v) is 5.74. The third-order valence-electron chi connectivity index (χ3n) is 5.48. The highest BCUT2D eigenvalue weighted by Gasteiger charge is 2.16. The third kappa shape index (κ3) is 5.70. The molecule has 0 fully saturated rings. The Bertz CT molecular complexity index is 1370. The van der Waals surface area contributed by atoms with E-state index < -0.39 is 0 Å². The number of benzene rings is 4. The van der Waals surface area contributed by atoms with E-state index in [2.05, 4.69) is 54.7 Å². The Morgan fingerprint density at radius 1 is 0.771 bits per heavy atom. The van der Waals surface area contributed by atoms with Crippen LogP contribution in [-0.4, -0.2) is 16.6 Å². The number of amides is 1. The van der Waals surface area contributed by atoms with Crippen LogP contribution in [0.2, 0.25) is 0 Å². The SMILES string of the molecule is Cc1cc(SCC(=O)Nc2nc(-c3ccccc3)c(-c3ccccc3)s2)cc(-c2ccccc2)c1. The Morgan fingerprint density at radius 3 is 2.03 bits per heavy atom. The average Bonchev–Trinajstić information content (AvgIpc) is 3.32. The molecule has 0 atom stereocenters. The van der Waals surface area contributed by atoms with Crippen LogP contribution < -0.4 is 5.32 Å². The molecule has 5 heteroatoms. The van der Waals surface area contributed by atoms with Crippen LogP contribution >= 0.6 is 23.1 Å². The van der Waals surface area contributed by atoms with Gasteiger partial charge in [0, 0.05) is 10.5 Å². The zero-order chi connectivity index (χ0) is 24.0. The predicted molar refractivity (Wildman–Crippen MR) is 149 cm³/mol. The van der Waals surface area contributed by atoms with Crippen LogP contribution in [0.4, 0.5) is 5.13 Å². The highest BCUT2D eigenvalue weighted by atomic mass is 32.2. The normalized spacial score (nSPS) is 10.8. The molecular formula is C30H24N2OS2. The lowest BCUT2D eigenvalue weighted by molar-refractivity contribution is -0.113. The molecule has 1 N–H and O–H groups in total. The van der Waals surface area contributed by atoms with Gasteiger partial charge in [-0.25, -0.2) is 4.98 Å². The molecule has 0 unspecified atom stereocenters. The van der Waals surface area contributed by atoms with Crippen LogP contribution in [0.15, 0.2) is 114 Å². The molecule has 0 aliphatic rings. The Morgan fingerprint density at radius 2 is 1.37 bits per heavy atom. The number of rotatable bonds is 7.